The summed E-state index contributed by atoms with van der Waals surface area (Å²) in [4.78, 5) is 15.4. The van der Waals surface area contributed by atoms with Gasteiger partial charge in [-0.2, -0.15) is 0 Å². The topological polar surface area (TPSA) is 32.9 Å². The molecule has 0 aliphatic heterocycles. The number of ketones is 1. The molecule has 82 valence electrons. The minimum Gasteiger partial charge on any atom is -0.360 e. The first-order valence-electron chi connectivity index (χ1n) is 5.52. The summed E-state index contributed by atoms with van der Waals surface area (Å²) in [6.07, 6.45) is 1.78. The van der Waals surface area contributed by atoms with Gasteiger partial charge in [-0.05, 0) is 6.07 Å². The summed E-state index contributed by atoms with van der Waals surface area (Å²) in [7, 11) is 0. The summed E-state index contributed by atoms with van der Waals surface area (Å²) in [5.41, 5.74) is 2.44. The van der Waals surface area contributed by atoms with Crippen molar-refractivity contribution in [1.29, 1.82) is 0 Å². The SMILES string of the molecule is O=C(c1ccccc1)c1c[nH]c2ccccc12. The van der Waals surface area contributed by atoms with Crippen molar-refractivity contribution in [1.82, 2.24) is 4.98 Å². The molecule has 2 heteroatoms. The molecule has 2 aromatic carbocycles. The fraction of sp³-hybridized carbons (Fsp3) is 0. The van der Waals surface area contributed by atoms with Gasteiger partial charge in [0.2, 0.25) is 0 Å². The van der Waals surface area contributed by atoms with Crippen LogP contribution in [0.15, 0.2) is 60.8 Å². The molecule has 0 unspecified atom stereocenters. The van der Waals surface area contributed by atoms with E-state index in [1.165, 1.54) is 0 Å². The molecular formula is C15H11NO. The molecule has 0 radical (unpaired) electrons. The molecule has 3 aromatic rings. The van der Waals surface area contributed by atoms with E-state index in [4.69, 9.17) is 0 Å². The molecule has 0 saturated heterocycles. The van der Waals surface area contributed by atoms with Crippen molar-refractivity contribution in [2.45, 2.75) is 0 Å². The van der Waals surface area contributed by atoms with Gasteiger partial charge >= 0.3 is 0 Å². The van der Waals surface area contributed by atoms with E-state index in [-0.39, 0.29) is 5.78 Å². The van der Waals surface area contributed by atoms with Crippen molar-refractivity contribution in [2.75, 3.05) is 0 Å². The Hall–Kier alpha value is -2.35. The Bertz CT molecular complexity index is 667. The molecule has 17 heavy (non-hydrogen) atoms. The maximum Gasteiger partial charge on any atom is 0.195 e. The molecule has 1 N–H and O–H groups in total. The molecular weight excluding hydrogens is 210 g/mol. The number of H-pyrrole nitrogens is 1. The summed E-state index contributed by atoms with van der Waals surface area (Å²) in [5.74, 6) is 0.0584. The van der Waals surface area contributed by atoms with Crippen LogP contribution in [-0.2, 0) is 0 Å². The van der Waals surface area contributed by atoms with E-state index < -0.39 is 0 Å². The molecule has 1 heterocycles. The number of rotatable bonds is 2. The molecule has 0 atom stereocenters. The van der Waals surface area contributed by atoms with Crippen LogP contribution < -0.4 is 0 Å². The van der Waals surface area contributed by atoms with Crippen LogP contribution in [0.1, 0.15) is 15.9 Å². The lowest BCUT2D eigenvalue weighted by Crippen LogP contribution is -1.99. The number of aromatic nitrogens is 1. The van der Waals surface area contributed by atoms with Gasteiger partial charge in [0.25, 0.3) is 0 Å². The molecule has 0 spiro atoms. The lowest BCUT2D eigenvalue weighted by atomic mass is 10.0. The molecule has 0 bridgehead atoms. The molecule has 0 fully saturated rings. The molecule has 3 rings (SSSR count). The summed E-state index contributed by atoms with van der Waals surface area (Å²) in [5, 5.41) is 0.973. The van der Waals surface area contributed by atoms with Crippen LogP contribution in [0.2, 0.25) is 0 Å². The van der Waals surface area contributed by atoms with E-state index in [2.05, 4.69) is 4.98 Å². The minimum atomic E-state index is 0.0584. The summed E-state index contributed by atoms with van der Waals surface area (Å²) in [6.45, 7) is 0. The van der Waals surface area contributed by atoms with Gasteiger partial charge in [-0.3, -0.25) is 4.79 Å². The van der Waals surface area contributed by atoms with E-state index in [0.29, 0.717) is 0 Å². The van der Waals surface area contributed by atoms with Gasteiger partial charge < -0.3 is 4.98 Å². The van der Waals surface area contributed by atoms with Crippen LogP contribution in [0.4, 0.5) is 0 Å². The number of carbonyl (C=O) groups is 1. The first-order chi connectivity index (χ1) is 8.36. The van der Waals surface area contributed by atoms with Crippen LogP contribution in [-0.4, -0.2) is 10.8 Å². The van der Waals surface area contributed by atoms with E-state index in [1.807, 2.05) is 54.6 Å². The largest absolute Gasteiger partial charge is 0.360 e. The van der Waals surface area contributed by atoms with Gasteiger partial charge in [0, 0.05) is 28.2 Å². The summed E-state index contributed by atoms with van der Waals surface area (Å²) >= 11 is 0. The number of hydrogen-bond donors (Lipinski definition) is 1. The van der Waals surface area contributed by atoms with Gasteiger partial charge in [0.15, 0.2) is 5.78 Å². The van der Waals surface area contributed by atoms with Gasteiger partial charge in [-0.25, -0.2) is 0 Å². The zero-order valence-electron chi connectivity index (χ0n) is 9.18. The summed E-state index contributed by atoms with van der Waals surface area (Å²) < 4.78 is 0. The third kappa shape index (κ3) is 1.64. The zero-order chi connectivity index (χ0) is 11.7. The Kier molecular flexibility index (Phi) is 2.26. The van der Waals surface area contributed by atoms with Crippen LogP contribution in [0.25, 0.3) is 10.9 Å². The van der Waals surface area contributed by atoms with E-state index in [9.17, 15) is 4.79 Å². The number of aromatic amines is 1. The third-order valence-electron chi connectivity index (χ3n) is 2.87. The monoisotopic (exact) mass is 221 g/mol. The fourth-order valence-electron chi connectivity index (χ4n) is 2.00. The summed E-state index contributed by atoms with van der Waals surface area (Å²) in [6, 6.07) is 17.2. The second kappa shape index (κ2) is 3.91. The highest BCUT2D eigenvalue weighted by Crippen LogP contribution is 2.20. The van der Waals surface area contributed by atoms with Crippen molar-refractivity contribution in [3.63, 3.8) is 0 Å². The smallest absolute Gasteiger partial charge is 0.195 e. The Balaban J connectivity index is 2.14. The van der Waals surface area contributed by atoms with E-state index in [1.54, 1.807) is 6.20 Å². The van der Waals surface area contributed by atoms with Crippen LogP contribution in [0, 0.1) is 0 Å². The second-order valence-electron chi connectivity index (χ2n) is 3.94. The zero-order valence-corrected chi connectivity index (χ0v) is 9.18. The number of carbonyl (C=O) groups excluding carboxylic acids is 1. The van der Waals surface area contributed by atoms with Crippen LogP contribution >= 0.6 is 0 Å². The van der Waals surface area contributed by atoms with Crippen molar-refractivity contribution >= 4 is 16.7 Å². The maximum absolute atomic E-state index is 12.3. The van der Waals surface area contributed by atoms with Crippen LogP contribution in [0.5, 0.6) is 0 Å². The van der Waals surface area contributed by atoms with E-state index in [0.717, 1.165) is 22.0 Å². The number of benzene rings is 2. The Morgan fingerprint density at radius 2 is 1.59 bits per heavy atom. The van der Waals surface area contributed by atoms with E-state index >= 15 is 0 Å². The van der Waals surface area contributed by atoms with Gasteiger partial charge in [-0.15, -0.1) is 0 Å². The normalized spacial score (nSPS) is 10.6. The van der Waals surface area contributed by atoms with Crippen molar-refractivity contribution in [2.24, 2.45) is 0 Å². The number of hydrogen-bond acceptors (Lipinski definition) is 1. The average molecular weight is 221 g/mol. The molecule has 1 aromatic heterocycles. The standard InChI is InChI=1S/C15H11NO/c17-15(11-6-2-1-3-7-11)13-10-16-14-9-5-4-8-12(13)14/h1-10,16H. The third-order valence-corrected chi connectivity index (χ3v) is 2.87. The fourth-order valence-corrected chi connectivity index (χ4v) is 2.00. The quantitative estimate of drug-likeness (QED) is 0.661. The molecule has 0 saturated carbocycles. The average Bonchev–Trinajstić information content (AvgIpc) is 2.83. The predicted octanol–water partition coefficient (Wildman–Crippen LogP) is 3.40. The maximum atomic E-state index is 12.3. The van der Waals surface area contributed by atoms with Crippen molar-refractivity contribution in [3.8, 4) is 0 Å². The molecule has 2 nitrogen and oxygen atoms in total. The van der Waals surface area contributed by atoms with Crippen LogP contribution in [0.3, 0.4) is 0 Å². The number of fused-ring (bicyclic) bond motifs is 1. The van der Waals surface area contributed by atoms with Gasteiger partial charge in [0.05, 0.1) is 0 Å². The molecule has 0 aliphatic rings. The predicted molar refractivity (Wildman–Crippen MR) is 68.2 cm³/mol. The highest BCUT2D eigenvalue weighted by Gasteiger charge is 2.12. The lowest BCUT2D eigenvalue weighted by molar-refractivity contribution is 0.104. The van der Waals surface area contributed by atoms with Crippen molar-refractivity contribution < 1.29 is 4.79 Å². The Morgan fingerprint density at radius 3 is 2.41 bits per heavy atom. The second-order valence-corrected chi connectivity index (χ2v) is 3.94. The Labute approximate surface area is 98.9 Å². The Morgan fingerprint density at radius 1 is 0.882 bits per heavy atom. The lowest BCUT2D eigenvalue weighted by Gasteiger charge is -1.98. The molecule has 0 amide bonds. The number of para-hydroxylation sites is 1. The molecule has 0 aliphatic carbocycles. The van der Waals surface area contributed by atoms with Crippen molar-refractivity contribution in [3.05, 3.63) is 71.9 Å². The number of nitrogens with one attached hydrogen (secondary N) is 1. The minimum absolute atomic E-state index is 0.0584. The first kappa shape index (κ1) is 9.85. The first-order valence-corrected chi connectivity index (χ1v) is 5.52. The highest BCUT2D eigenvalue weighted by molar-refractivity contribution is 6.16. The van der Waals surface area contributed by atoms with Gasteiger partial charge in [0.1, 0.15) is 0 Å². The highest BCUT2D eigenvalue weighted by atomic mass is 16.1. The van der Waals surface area contributed by atoms with Gasteiger partial charge in [-0.1, -0.05) is 48.5 Å².